The fourth-order valence-electron chi connectivity index (χ4n) is 3.38. The SMILES string of the molecule is Cc1ccc(-c2nc(C3=C(O)CN(c4cccc(Cl)c4C)C3=N)sc2C)cc1. The zero-order chi connectivity index (χ0) is 20.0. The molecule has 0 aliphatic carbocycles. The molecule has 0 saturated heterocycles. The van der Waals surface area contributed by atoms with Crippen molar-refractivity contribution in [1.29, 1.82) is 5.41 Å². The van der Waals surface area contributed by atoms with Crippen LogP contribution in [0.25, 0.3) is 16.8 Å². The number of benzene rings is 2. The van der Waals surface area contributed by atoms with Crippen LogP contribution in [0.4, 0.5) is 5.69 Å². The maximum absolute atomic E-state index is 10.6. The van der Waals surface area contributed by atoms with Crippen LogP contribution in [0.2, 0.25) is 5.02 Å². The van der Waals surface area contributed by atoms with Crippen LogP contribution in [0.15, 0.2) is 48.2 Å². The van der Waals surface area contributed by atoms with E-state index in [9.17, 15) is 5.11 Å². The Morgan fingerprint density at radius 3 is 2.54 bits per heavy atom. The van der Waals surface area contributed by atoms with Crippen LogP contribution >= 0.6 is 22.9 Å². The van der Waals surface area contributed by atoms with E-state index in [1.807, 2.05) is 32.0 Å². The van der Waals surface area contributed by atoms with Crippen molar-refractivity contribution in [2.75, 3.05) is 11.4 Å². The standard InChI is InChI=1S/C22H20ClN3OS/c1-12-7-9-15(10-8-12)20-14(3)28-22(25-20)19-18(27)11-26(21(19)24)17-6-4-5-16(23)13(17)2/h4-10,24,27H,11H2,1-3H3. The number of halogens is 1. The number of aryl methyl sites for hydroxylation is 2. The summed E-state index contributed by atoms with van der Waals surface area (Å²) in [6, 6.07) is 13.8. The first-order valence-corrected chi connectivity index (χ1v) is 10.1. The fourth-order valence-corrected chi connectivity index (χ4v) is 4.55. The van der Waals surface area contributed by atoms with E-state index >= 15 is 0 Å². The number of hydrogen-bond donors (Lipinski definition) is 2. The Bertz CT molecular complexity index is 1120. The van der Waals surface area contributed by atoms with Gasteiger partial charge in [0.25, 0.3) is 0 Å². The van der Waals surface area contributed by atoms with Gasteiger partial charge in [0.05, 0.1) is 17.8 Å². The number of amidine groups is 1. The Balaban J connectivity index is 1.71. The van der Waals surface area contributed by atoms with Gasteiger partial charge in [0, 0.05) is 21.2 Å². The number of aliphatic hydroxyl groups excluding tert-OH is 1. The van der Waals surface area contributed by atoms with Crippen molar-refractivity contribution < 1.29 is 5.11 Å². The molecule has 0 fully saturated rings. The van der Waals surface area contributed by atoms with Crippen molar-refractivity contribution in [3.8, 4) is 11.3 Å². The number of aromatic nitrogens is 1. The molecule has 0 spiro atoms. The summed E-state index contributed by atoms with van der Waals surface area (Å²) in [6.45, 7) is 6.24. The molecule has 28 heavy (non-hydrogen) atoms. The highest BCUT2D eigenvalue weighted by Crippen LogP contribution is 2.38. The molecule has 1 aliphatic rings. The summed E-state index contributed by atoms with van der Waals surface area (Å²) in [4.78, 5) is 7.60. The van der Waals surface area contributed by atoms with Gasteiger partial charge < -0.3 is 10.0 Å². The first-order valence-electron chi connectivity index (χ1n) is 8.95. The van der Waals surface area contributed by atoms with E-state index in [4.69, 9.17) is 22.0 Å². The number of hydrogen-bond acceptors (Lipinski definition) is 4. The molecule has 0 radical (unpaired) electrons. The van der Waals surface area contributed by atoms with E-state index in [1.165, 1.54) is 16.9 Å². The minimum absolute atomic E-state index is 0.161. The molecule has 0 saturated carbocycles. The Morgan fingerprint density at radius 2 is 1.82 bits per heavy atom. The normalized spacial score (nSPS) is 14.3. The van der Waals surface area contributed by atoms with E-state index in [1.54, 1.807) is 4.90 Å². The average molecular weight is 410 g/mol. The lowest BCUT2D eigenvalue weighted by atomic mass is 10.1. The first kappa shape index (κ1) is 18.7. The minimum atomic E-state index is 0.161. The van der Waals surface area contributed by atoms with Gasteiger partial charge in [-0.1, -0.05) is 47.5 Å². The molecule has 6 heteroatoms. The topological polar surface area (TPSA) is 60.2 Å². The summed E-state index contributed by atoms with van der Waals surface area (Å²) in [5.41, 5.74) is 5.33. The quantitative estimate of drug-likeness (QED) is 0.544. The third-order valence-electron chi connectivity index (χ3n) is 4.97. The Morgan fingerprint density at radius 1 is 1.11 bits per heavy atom. The highest BCUT2D eigenvalue weighted by Gasteiger charge is 2.32. The molecule has 4 nitrogen and oxygen atoms in total. The second-order valence-corrected chi connectivity index (χ2v) is 8.54. The lowest BCUT2D eigenvalue weighted by Gasteiger charge is -2.21. The van der Waals surface area contributed by atoms with Gasteiger partial charge in [0.1, 0.15) is 16.6 Å². The molecule has 2 N–H and O–H groups in total. The maximum Gasteiger partial charge on any atom is 0.139 e. The molecule has 2 heterocycles. The molecule has 1 aliphatic heterocycles. The van der Waals surface area contributed by atoms with Crippen molar-refractivity contribution in [2.45, 2.75) is 20.8 Å². The molecule has 0 amide bonds. The van der Waals surface area contributed by atoms with Gasteiger partial charge in [0.15, 0.2) is 0 Å². The Labute approximate surface area is 173 Å². The lowest BCUT2D eigenvalue weighted by molar-refractivity contribution is 0.411. The van der Waals surface area contributed by atoms with Crippen molar-refractivity contribution in [2.24, 2.45) is 0 Å². The molecular formula is C22H20ClN3OS. The molecule has 0 atom stereocenters. The monoisotopic (exact) mass is 409 g/mol. The molecule has 0 bridgehead atoms. The first-order chi connectivity index (χ1) is 13.4. The van der Waals surface area contributed by atoms with Crippen LogP contribution in [0, 0.1) is 26.2 Å². The average Bonchev–Trinajstić information content (AvgIpc) is 3.17. The summed E-state index contributed by atoms with van der Waals surface area (Å²) < 4.78 is 0. The zero-order valence-corrected chi connectivity index (χ0v) is 17.4. The van der Waals surface area contributed by atoms with Crippen molar-refractivity contribution in [1.82, 2.24) is 4.98 Å². The molecule has 0 unspecified atom stereocenters. The van der Waals surface area contributed by atoms with Gasteiger partial charge in [-0.15, -0.1) is 11.3 Å². The van der Waals surface area contributed by atoms with Crippen molar-refractivity contribution >= 4 is 40.0 Å². The molecule has 4 rings (SSSR count). The number of rotatable bonds is 3. The van der Waals surface area contributed by atoms with Gasteiger partial charge in [-0.05, 0) is 38.5 Å². The highest BCUT2D eigenvalue weighted by molar-refractivity contribution is 7.13. The van der Waals surface area contributed by atoms with E-state index in [2.05, 4.69) is 31.2 Å². The predicted octanol–water partition coefficient (Wildman–Crippen LogP) is 6.16. The fraction of sp³-hybridized carbons (Fsp3) is 0.182. The second kappa shape index (κ2) is 7.08. The molecule has 142 valence electrons. The number of nitrogens with one attached hydrogen (secondary N) is 1. The number of thiazole rings is 1. The van der Waals surface area contributed by atoms with Gasteiger partial charge >= 0.3 is 0 Å². The molecule has 3 aromatic rings. The molecular weight excluding hydrogens is 390 g/mol. The van der Waals surface area contributed by atoms with Crippen LogP contribution in [-0.4, -0.2) is 22.5 Å². The Kier molecular flexibility index (Phi) is 4.73. The molecule has 1 aromatic heterocycles. The van der Waals surface area contributed by atoms with Crippen molar-refractivity contribution in [3.63, 3.8) is 0 Å². The van der Waals surface area contributed by atoms with Gasteiger partial charge in [-0.2, -0.15) is 0 Å². The van der Waals surface area contributed by atoms with E-state index < -0.39 is 0 Å². The highest BCUT2D eigenvalue weighted by atomic mass is 35.5. The molecule has 2 aromatic carbocycles. The third-order valence-corrected chi connectivity index (χ3v) is 6.37. The second-order valence-electron chi connectivity index (χ2n) is 6.93. The maximum atomic E-state index is 10.6. The Hall–Kier alpha value is -2.63. The number of nitrogens with zero attached hydrogens (tertiary/aromatic N) is 2. The zero-order valence-electron chi connectivity index (χ0n) is 15.9. The predicted molar refractivity (Wildman–Crippen MR) is 118 cm³/mol. The van der Waals surface area contributed by atoms with Crippen molar-refractivity contribution in [3.05, 3.63) is 74.3 Å². The number of aliphatic hydroxyl groups is 1. The van der Waals surface area contributed by atoms with E-state index in [0.717, 1.165) is 27.4 Å². The minimum Gasteiger partial charge on any atom is -0.510 e. The smallest absolute Gasteiger partial charge is 0.139 e. The van der Waals surface area contributed by atoms with E-state index in [0.29, 0.717) is 15.6 Å². The van der Waals surface area contributed by atoms with Crippen LogP contribution in [0.3, 0.4) is 0 Å². The summed E-state index contributed by atoms with van der Waals surface area (Å²) in [5, 5.41) is 20.6. The van der Waals surface area contributed by atoms with E-state index in [-0.39, 0.29) is 18.1 Å². The van der Waals surface area contributed by atoms with Gasteiger partial charge in [-0.3, -0.25) is 5.41 Å². The van der Waals surface area contributed by atoms with Gasteiger partial charge in [0.2, 0.25) is 0 Å². The van der Waals surface area contributed by atoms with Gasteiger partial charge in [-0.25, -0.2) is 4.98 Å². The number of anilines is 1. The summed E-state index contributed by atoms with van der Waals surface area (Å²) in [7, 11) is 0. The summed E-state index contributed by atoms with van der Waals surface area (Å²) in [6.07, 6.45) is 0. The van der Waals surface area contributed by atoms with Crippen LogP contribution < -0.4 is 4.90 Å². The third kappa shape index (κ3) is 3.11. The summed E-state index contributed by atoms with van der Waals surface area (Å²) >= 11 is 7.75. The van der Waals surface area contributed by atoms with Crippen LogP contribution in [-0.2, 0) is 0 Å². The van der Waals surface area contributed by atoms with Crippen LogP contribution in [0.5, 0.6) is 0 Å². The summed E-state index contributed by atoms with van der Waals surface area (Å²) in [5.74, 6) is 0.403. The van der Waals surface area contributed by atoms with Crippen LogP contribution in [0.1, 0.15) is 21.0 Å². The largest absolute Gasteiger partial charge is 0.510 e. The lowest BCUT2D eigenvalue weighted by Crippen LogP contribution is -2.26.